The fraction of sp³-hybridized carbons (Fsp3) is 0.889. The Morgan fingerprint density at radius 3 is 1.62 bits per heavy atom. The zero-order chi connectivity index (χ0) is 9.72. The largest absolute Gasteiger partial charge is 0.465 e. The van der Waals surface area contributed by atoms with Gasteiger partial charge in [0.15, 0.2) is 0 Å². The number of hydrogen-bond acceptors (Lipinski definition) is 1. The van der Waals surface area contributed by atoms with E-state index in [2.05, 4.69) is 0 Å². The zero-order valence-corrected chi connectivity index (χ0v) is 9.60. The molecule has 0 unspecified atom stereocenters. The molecule has 0 heterocycles. The van der Waals surface area contributed by atoms with Crippen LogP contribution >= 0.6 is 12.4 Å². The lowest BCUT2D eigenvalue weighted by Crippen LogP contribution is -2.35. The van der Waals surface area contributed by atoms with Gasteiger partial charge in [-0.25, -0.2) is 4.79 Å². The Morgan fingerprint density at radius 1 is 1.15 bits per heavy atom. The number of carbonyl (C=O) groups is 1. The van der Waals surface area contributed by atoms with Crippen molar-refractivity contribution in [1.82, 2.24) is 4.90 Å². The van der Waals surface area contributed by atoms with Crippen LogP contribution in [0.25, 0.3) is 0 Å². The van der Waals surface area contributed by atoms with Gasteiger partial charge >= 0.3 is 6.09 Å². The number of hydrogen-bond donors (Lipinski definition) is 1. The van der Waals surface area contributed by atoms with Crippen molar-refractivity contribution in [1.29, 1.82) is 0 Å². The van der Waals surface area contributed by atoms with Crippen molar-refractivity contribution < 1.29 is 9.90 Å². The highest BCUT2D eigenvalue weighted by Gasteiger charge is 2.13. The van der Waals surface area contributed by atoms with Crippen LogP contribution < -0.4 is 0 Å². The fourth-order valence-corrected chi connectivity index (χ4v) is 1.11. The minimum absolute atomic E-state index is 0. The van der Waals surface area contributed by atoms with Gasteiger partial charge in [0.05, 0.1) is 0 Å². The Balaban J connectivity index is 0. The quantitative estimate of drug-likeness (QED) is 0.774. The van der Waals surface area contributed by atoms with Crippen LogP contribution in [-0.4, -0.2) is 29.2 Å². The molecule has 0 spiro atoms. The standard InChI is InChI=1S/C9H19NO2.ClH/c1-7(2)5-10(9(11)12)6-8(3)4;/h7-8H,5-6H2,1-4H3,(H,11,12);1H. The molecule has 80 valence electrons. The summed E-state index contributed by atoms with van der Waals surface area (Å²) >= 11 is 0. The van der Waals surface area contributed by atoms with Crippen molar-refractivity contribution in [2.24, 2.45) is 11.8 Å². The molecule has 0 aromatic rings. The zero-order valence-electron chi connectivity index (χ0n) is 8.78. The molecule has 0 aromatic heterocycles. The Morgan fingerprint density at radius 2 is 1.46 bits per heavy atom. The third-order valence-corrected chi connectivity index (χ3v) is 1.44. The van der Waals surface area contributed by atoms with Gasteiger partial charge in [0.2, 0.25) is 0 Å². The Bertz CT molecular complexity index is 139. The fourth-order valence-electron chi connectivity index (χ4n) is 1.11. The van der Waals surface area contributed by atoms with Gasteiger partial charge in [-0.05, 0) is 11.8 Å². The highest BCUT2D eigenvalue weighted by Crippen LogP contribution is 2.03. The molecule has 0 saturated heterocycles. The number of carboxylic acid groups (broad SMARTS) is 1. The summed E-state index contributed by atoms with van der Waals surface area (Å²) in [5, 5.41) is 8.80. The third-order valence-electron chi connectivity index (χ3n) is 1.44. The van der Waals surface area contributed by atoms with Crippen LogP contribution in [0.15, 0.2) is 0 Å². The van der Waals surface area contributed by atoms with Crippen LogP contribution in [0.2, 0.25) is 0 Å². The third kappa shape index (κ3) is 7.91. The molecular formula is C9H20ClNO2. The van der Waals surface area contributed by atoms with E-state index in [9.17, 15) is 4.79 Å². The van der Waals surface area contributed by atoms with E-state index >= 15 is 0 Å². The first-order valence-electron chi connectivity index (χ1n) is 4.41. The van der Waals surface area contributed by atoms with Crippen LogP contribution in [0, 0.1) is 11.8 Å². The SMILES string of the molecule is CC(C)CN(CC(C)C)C(=O)O.Cl. The summed E-state index contributed by atoms with van der Waals surface area (Å²) in [7, 11) is 0. The summed E-state index contributed by atoms with van der Waals surface area (Å²) in [5.41, 5.74) is 0. The van der Waals surface area contributed by atoms with Crippen LogP contribution in [0.1, 0.15) is 27.7 Å². The molecule has 1 N–H and O–H groups in total. The van der Waals surface area contributed by atoms with Gasteiger partial charge in [-0.2, -0.15) is 0 Å². The topological polar surface area (TPSA) is 40.5 Å². The van der Waals surface area contributed by atoms with Crippen LogP contribution in [0.4, 0.5) is 4.79 Å². The van der Waals surface area contributed by atoms with E-state index < -0.39 is 6.09 Å². The maximum Gasteiger partial charge on any atom is 0.407 e. The molecule has 0 aliphatic carbocycles. The molecule has 0 saturated carbocycles. The predicted molar refractivity (Wildman–Crippen MR) is 56.5 cm³/mol. The average Bonchev–Trinajstić information content (AvgIpc) is 1.83. The van der Waals surface area contributed by atoms with Crippen LogP contribution in [0.3, 0.4) is 0 Å². The molecule has 0 bridgehead atoms. The molecule has 3 nitrogen and oxygen atoms in total. The lowest BCUT2D eigenvalue weighted by Gasteiger charge is -2.22. The lowest BCUT2D eigenvalue weighted by molar-refractivity contribution is 0.133. The van der Waals surface area contributed by atoms with E-state index in [1.807, 2.05) is 27.7 Å². The number of halogens is 1. The highest BCUT2D eigenvalue weighted by atomic mass is 35.5. The molecule has 4 heteroatoms. The minimum atomic E-state index is -0.808. The Hall–Kier alpha value is -0.440. The molecular weight excluding hydrogens is 190 g/mol. The van der Waals surface area contributed by atoms with E-state index in [1.165, 1.54) is 4.90 Å². The molecule has 0 fully saturated rings. The second-order valence-corrected chi connectivity index (χ2v) is 3.98. The summed E-state index contributed by atoms with van der Waals surface area (Å²) in [6.45, 7) is 9.36. The normalized spacial score (nSPS) is 10.0. The van der Waals surface area contributed by atoms with Gasteiger partial charge in [-0.1, -0.05) is 27.7 Å². The number of nitrogens with zero attached hydrogens (tertiary/aromatic N) is 1. The van der Waals surface area contributed by atoms with Crippen molar-refractivity contribution in [3.8, 4) is 0 Å². The first kappa shape index (κ1) is 15.1. The van der Waals surface area contributed by atoms with Gasteiger partial charge in [0.25, 0.3) is 0 Å². The summed E-state index contributed by atoms with van der Waals surface area (Å²) in [6, 6.07) is 0. The monoisotopic (exact) mass is 209 g/mol. The van der Waals surface area contributed by atoms with Crippen LogP contribution in [0.5, 0.6) is 0 Å². The molecule has 0 atom stereocenters. The Kier molecular flexibility index (Phi) is 8.12. The Labute approximate surface area is 86.5 Å². The highest BCUT2D eigenvalue weighted by molar-refractivity contribution is 5.85. The summed E-state index contributed by atoms with van der Waals surface area (Å²) < 4.78 is 0. The second-order valence-electron chi connectivity index (χ2n) is 3.98. The molecule has 0 rings (SSSR count). The first-order chi connectivity index (χ1) is 5.43. The molecule has 0 aromatic carbocycles. The molecule has 0 radical (unpaired) electrons. The van der Waals surface area contributed by atoms with Crippen molar-refractivity contribution in [3.63, 3.8) is 0 Å². The predicted octanol–water partition coefficient (Wildman–Crippen LogP) is 2.70. The summed E-state index contributed by atoms with van der Waals surface area (Å²) in [4.78, 5) is 12.2. The van der Waals surface area contributed by atoms with Crippen molar-refractivity contribution in [2.45, 2.75) is 27.7 Å². The van der Waals surface area contributed by atoms with E-state index in [0.717, 1.165) is 0 Å². The average molecular weight is 210 g/mol. The number of rotatable bonds is 4. The maximum atomic E-state index is 10.7. The van der Waals surface area contributed by atoms with Crippen molar-refractivity contribution in [2.75, 3.05) is 13.1 Å². The van der Waals surface area contributed by atoms with Gasteiger partial charge in [-0.3, -0.25) is 0 Å². The van der Waals surface area contributed by atoms with E-state index in [1.54, 1.807) is 0 Å². The van der Waals surface area contributed by atoms with E-state index in [4.69, 9.17) is 5.11 Å². The van der Waals surface area contributed by atoms with Gasteiger partial charge < -0.3 is 10.0 Å². The van der Waals surface area contributed by atoms with Crippen molar-refractivity contribution >= 4 is 18.5 Å². The molecule has 13 heavy (non-hydrogen) atoms. The second kappa shape index (κ2) is 7.01. The van der Waals surface area contributed by atoms with Gasteiger partial charge in [0.1, 0.15) is 0 Å². The number of amides is 1. The first-order valence-corrected chi connectivity index (χ1v) is 4.41. The van der Waals surface area contributed by atoms with Crippen molar-refractivity contribution in [3.05, 3.63) is 0 Å². The van der Waals surface area contributed by atoms with E-state index in [0.29, 0.717) is 24.9 Å². The van der Waals surface area contributed by atoms with E-state index in [-0.39, 0.29) is 12.4 Å². The summed E-state index contributed by atoms with van der Waals surface area (Å²) in [5.74, 6) is 0.805. The molecule has 0 aliphatic heterocycles. The smallest absolute Gasteiger partial charge is 0.407 e. The minimum Gasteiger partial charge on any atom is -0.465 e. The van der Waals surface area contributed by atoms with Crippen LogP contribution in [-0.2, 0) is 0 Å². The van der Waals surface area contributed by atoms with Gasteiger partial charge in [0, 0.05) is 13.1 Å². The molecule has 0 aliphatic rings. The lowest BCUT2D eigenvalue weighted by atomic mass is 10.1. The van der Waals surface area contributed by atoms with Gasteiger partial charge in [-0.15, -0.1) is 12.4 Å². The maximum absolute atomic E-state index is 10.7. The molecule has 1 amide bonds. The summed E-state index contributed by atoms with van der Waals surface area (Å²) in [6.07, 6.45) is -0.808.